The summed E-state index contributed by atoms with van der Waals surface area (Å²) in [6.07, 6.45) is 1.17. The van der Waals surface area contributed by atoms with Crippen molar-refractivity contribution in [3.63, 3.8) is 0 Å². The average Bonchev–Trinajstić information content (AvgIpc) is 2.24. The molecule has 1 fully saturated rings. The van der Waals surface area contributed by atoms with Crippen LogP contribution in [0.25, 0.3) is 0 Å². The van der Waals surface area contributed by atoms with E-state index in [1.54, 1.807) is 0 Å². The quantitative estimate of drug-likeness (QED) is 0.629. The van der Waals surface area contributed by atoms with Crippen LogP contribution >= 0.6 is 0 Å². The van der Waals surface area contributed by atoms with Gasteiger partial charge >= 0.3 is 5.97 Å². The molecule has 0 amide bonds. The second kappa shape index (κ2) is 5.73. The van der Waals surface area contributed by atoms with Crippen molar-refractivity contribution in [2.45, 2.75) is 12.8 Å². The van der Waals surface area contributed by atoms with Gasteiger partial charge in [-0.3, -0.25) is 4.79 Å². The Labute approximate surface area is 112 Å². The molecule has 0 aromatic rings. The molecule has 1 aliphatic rings. The van der Waals surface area contributed by atoms with Crippen molar-refractivity contribution in [2.75, 3.05) is 31.1 Å². The number of hydrogen-bond donors (Lipinski definition) is 2. The van der Waals surface area contributed by atoms with Gasteiger partial charge in [0.2, 0.25) is 10.0 Å². The Morgan fingerprint density at radius 3 is 2.21 bits per heavy atom. The minimum Gasteiger partial charge on any atom is -0.481 e. The van der Waals surface area contributed by atoms with Crippen LogP contribution < -0.4 is 4.72 Å². The van der Waals surface area contributed by atoms with Gasteiger partial charge in [-0.15, -0.1) is 0 Å². The van der Waals surface area contributed by atoms with E-state index in [1.807, 2.05) is 0 Å². The van der Waals surface area contributed by atoms with Gasteiger partial charge in [0.1, 0.15) is 0 Å². The van der Waals surface area contributed by atoms with E-state index in [0.29, 0.717) is 0 Å². The largest absolute Gasteiger partial charge is 0.481 e. The number of nitrogens with one attached hydrogen (secondary N) is 1. The van der Waals surface area contributed by atoms with E-state index < -0.39 is 36.3 Å². The Morgan fingerprint density at radius 2 is 1.79 bits per heavy atom. The topological polar surface area (TPSA) is 127 Å². The maximum absolute atomic E-state index is 11.5. The van der Waals surface area contributed by atoms with Gasteiger partial charge in [0, 0.05) is 26.0 Å². The van der Waals surface area contributed by atoms with Crippen molar-refractivity contribution >= 4 is 25.8 Å². The molecule has 0 aromatic carbocycles. The van der Waals surface area contributed by atoms with E-state index in [2.05, 4.69) is 4.72 Å². The number of carboxylic acid groups (broad SMARTS) is 1. The van der Waals surface area contributed by atoms with Crippen LogP contribution in [0.1, 0.15) is 12.8 Å². The molecule has 0 radical (unpaired) electrons. The van der Waals surface area contributed by atoms with Crippen molar-refractivity contribution in [3.8, 4) is 0 Å². The van der Waals surface area contributed by atoms with Gasteiger partial charge in [0.25, 0.3) is 0 Å². The molecule has 10 heteroatoms. The molecule has 2 N–H and O–H groups in total. The van der Waals surface area contributed by atoms with E-state index >= 15 is 0 Å². The van der Waals surface area contributed by atoms with Crippen molar-refractivity contribution in [2.24, 2.45) is 5.41 Å². The second-order valence-electron chi connectivity index (χ2n) is 4.68. The van der Waals surface area contributed by atoms with Crippen LogP contribution in [0.3, 0.4) is 0 Å². The lowest BCUT2D eigenvalue weighted by atomic mass is 9.80. The monoisotopic (exact) mass is 315 g/mol. The van der Waals surface area contributed by atoms with Gasteiger partial charge in [-0.25, -0.2) is 21.6 Å². The van der Waals surface area contributed by atoms with Crippen molar-refractivity contribution in [3.05, 3.63) is 0 Å². The molecule has 0 aliphatic carbocycles. The van der Waals surface area contributed by atoms with E-state index in [9.17, 15) is 26.7 Å². The first-order chi connectivity index (χ1) is 8.56. The molecule has 0 unspecified atom stereocenters. The summed E-state index contributed by atoms with van der Waals surface area (Å²) in [6.45, 7) is 0.143. The van der Waals surface area contributed by atoms with E-state index in [1.165, 1.54) is 0 Å². The van der Waals surface area contributed by atoms with Crippen LogP contribution in [0, 0.1) is 5.41 Å². The van der Waals surface area contributed by atoms with Crippen LogP contribution in [0.5, 0.6) is 0 Å². The number of carbonyl (C=O) groups is 1. The second-order valence-corrected chi connectivity index (χ2v) is 8.99. The van der Waals surface area contributed by atoms with E-state index in [-0.39, 0.29) is 32.6 Å². The Balaban J connectivity index is 2.75. The number of carboxylic acids is 1. The zero-order valence-electron chi connectivity index (χ0n) is 10.5. The summed E-state index contributed by atoms with van der Waals surface area (Å²) in [5.74, 6) is -1.11. The zero-order valence-corrected chi connectivity index (χ0v) is 12.1. The minimum absolute atomic E-state index is 0.184. The average molecular weight is 315 g/mol. The molecule has 0 atom stereocenters. The summed E-state index contributed by atoms with van der Waals surface area (Å²) < 4.78 is 52.1. The van der Waals surface area contributed by atoms with Crippen molar-refractivity contribution < 1.29 is 31.5 Å². The fourth-order valence-corrected chi connectivity index (χ4v) is 4.88. The predicted molar refractivity (Wildman–Crippen MR) is 66.8 cm³/mol. The minimum atomic E-state index is -4.05. The van der Waals surface area contributed by atoms with Crippen LogP contribution in [0.15, 0.2) is 0 Å². The highest BCUT2D eigenvalue weighted by atomic mass is 32.3. The Kier molecular flexibility index (Phi) is 4.93. The number of rotatable bonds is 6. The number of aliphatic carboxylic acids is 1. The molecule has 0 saturated carbocycles. The smallest absolute Gasteiger partial charge is 0.311 e. The fourth-order valence-electron chi connectivity index (χ4n) is 1.80. The number of hydrogen-bond acceptors (Lipinski definition) is 6. The lowest BCUT2D eigenvalue weighted by molar-refractivity contribution is -0.154. The molecule has 19 heavy (non-hydrogen) atoms. The molecule has 1 heterocycles. The molecule has 0 spiro atoms. The Bertz CT molecular complexity index is 531. The summed E-state index contributed by atoms with van der Waals surface area (Å²) in [5.41, 5.74) is -1.23. The summed E-state index contributed by atoms with van der Waals surface area (Å²) in [6, 6.07) is 0. The summed E-state index contributed by atoms with van der Waals surface area (Å²) >= 11 is 0. The van der Waals surface area contributed by atoms with E-state index in [4.69, 9.17) is 4.74 Å². The molecule has 1 saturated heterocycles. The Hall–Kier alpha value is -0.710. The normalized spacial score (nSPS) is 20.1. The van der Waals surface area contributed by atoms with Gasteiger partial charge in [-0.1, -0.05) is 0 Å². The molecular weight excluding hydrogens is 298 g/mol. The lowest BCUT2D eigenvalue weighted by Crippen LogP contribution is -2.47. The first kappa shape index (κ1) is 16.3. The van der Waals surface area contributed by atoms with Gasteiger partial charge in [-0.05, 0) is 12.8 Å². The van der Waals surface area contributed by atoms with Gasteiger partial charge < -0.3 is 9.84 Å². The molecule has 1 rings (SSSR count). The van der Waals surface area contributed by atoms with Gasteiger partial charge in [-0.2, -0.15) is 0 Å². The highest BCUT2D eigenvalue weighted by molar-refractivity contribution is 8.06. The Morgan fingerprint density at radius 1 is 1.26 bits per heavy atom. The van der Waals surface area contributed by atoms with Crippen molar-refractivity contribution in [1.29, 1.82) is 0 Å². The third kappa shape index (κ3) is 5.05. The molecule has 8 nitrogen and oxygen atoms in total. The fraction of sp³-hybridized carbons (Fsp3) is 0.889. The third-order valence-corrected chi connectivity index (χ3v) is 6.44. The van der Waals surface area contributed by atoms with Crippen LogP contribution in [0.2, 0.25) is 0 Å². The van der Waals surface area contributed by atoms with Gasteiger partial charge in [0.05, 0.1) is 5.41 Å². The molecule has 112 valence electrons. The van der Waals surface area contributed by atoms with Crippen LogP contribution in [-0.2, 0) is 29.4 Å². The van der Waals surface area contributed by atoms with Crippen LogP contribution in [-0.4, -0.2) is 59.0 Å². The maximum atomic E-state index is 11.5. The van der Waals surface area contributed by atoms with Crippen molar-refractivity contribution in [1.82, 2.24) is 4.72 Å². The highest BCUT2D eigenvalue weighted by Crippen LogP contribution is 2.30. The SMILES string of the molecule is CS(=O)(=O)CS(=O)(=O)NCC1(C(=O)O)CCOCC1. The number of sulfonamides is 1. The zero-order chi connectivity index (χ0) is 14.7. The third-order valence-electron chi connectivity index (χ3n) is 2.90. The van der Waals surface area contributed by atoms with E-state index in [0.717, 1.165) is 6.26 Å². The first-order valence-corrected chi connectivity index (χ1v) is 9.24. The molecule has 0 bridgehead atoms. The summed E-state index contributed by atoms with van der Waals surface area (Å²) in [4.78, 5) is 11.3. The lowest BCUT2D eigenvalue weighted by Gasteiger charge is -2.32. The first-order valence-electron chi connectivity index (χ1n) is 5.53. The van der Waals surface area contributed by atoms with Crippen LogP contribution in [0.4, 0.5) is 0 Å². The summed E-state index contributed by atoms with van der Waals surface area (Å²) in [5, 5.41) is 8.16. The maximum Gasteiger partial charge on any atom is 0.311 e. The standard InChI is InChI=1S/C9H17NO7S2/c1-18(13,14)7-19(15,16)10-6-9(8(11)12)2-4-17-5-3-9/h10H,2-7H2,1H3,(H,11,12). The number of ether oxygens (including phenoxy) is 1. The molecule has 1 aliphatic heterocycles. The molecule has 0 aromatic heterocycles. The molecular formula is C9H17NO7S2. The highest BCUT2D eigenvalue weighted by Gasteiger charge is 2.41. The van der Waals surface area contributed by atoms with Gasteiger partial charge in [0.15, 0.2) is 14.9 Å². The predicted octanol–water partition coefficient (Wildman–Crippen LogP) is -1.21. The summed E-state index contributed by atoms with van der Waals surface area (Å²) in [7, 11) is -7.75. The number of sulfone groups is 1.